The summed E-state index contributed by atoms with van der Waals surface area (Å²) in [5.74, 6) is -0.537. The highest BCUT2D eigenvalue weighted by Gasteiger charge is 2.51. The molecule has 1 aromatic heterocycles. The van der Waals surface area contributed by atoms with Gasteiger partial charge in [-0.2, -0.15) is 0 Å². The number of rotatable bonds is 3. The predicted molar refractivity (Wildman–Crippen MR) is 90.0 cm³/mol. The van der Waals surface area contributed by atoms with E-state index in [1.807, 2.05) is 12.1 Å². The summed E-state index contributed by atoms with van der Waals surface area (Å²) in [5.41, 5.74) is 5.29. The monoisotopic (exact) mass is 398 g/mol. The van der Waals surface area contributed by atoms with Crippen molar-refractivity contribution in [2.24, 2.45) is 0 Å². The minimum Gasteiger partial charge on any atom is -0.272 e. The molecule has 1 saturated carbocycles. The quantitative estimate of drug-likeness (QED) is 0.774. The second-order valence-electron chi connectivity index (χ2n) is 5.10. The van der Waals surface area contributed by atoms with Crippen LogP contribution < -0.4 is 10.9 Å². The summed E-state index contributed by atoms with van der Waals surface area (Å²) < 4.78 is 0.863. The Hall–Kier alpha value is -1.37. The van der Waals surface area contributed by atoms with Crippen molar-refractivity contribution in [2.75, 3.05) is 0 Å². The molecular formula is C15H12BrClN2O2S. The van der Waals surface area contributed by atoms with Crippen molar-refractivity contribution in [1.29, 1.82) is 0 Å². The van der Waals surface area contributed by atoms with Gasteiger partial charge in [0.05, 0.1) is 14.1 Å². The number of amides is 2. The number of benzene rings is 1. The molecule has 0 aliphatic heterocycles. The summed E-state index contributed by atoms with van der Waals surface area (Å²) in [4.78, 5) is 24.9. The first kappa shape index (κ1) is 15.5. The van der Waals surface area contributed by atoms with Gasteiger partial charge < -0.3 is 0 Å². The fourth-order valence-corrected chi connectivity index (χ4v) is 3.76. The lowest BCUT2D eigenvalue weighted by molar-refractivity contribution is -0.124. The van der Waals surface area contributed by atoms with Crippen LogP contribution in [-0.4, -0.2) is 11.8 Å². The van der Waals surface area contributed by atoms with Crippen molar-refractivity contribution < 1.29 is 9.59 Å². The fourth-order valence-electron chi connectivity index (χ4n) is 2.29. The maximum Gasteiger partial charge on any atom is 0.279 e. The summed E-state index contributed by atoms with van der Waals surface area (Å²) >= 11 is 10.6. The Morgan fingerprint density at radius 3 is 2.55 bits per heavy atom. The Bertz CT molecular complexity index is 743. The average Bonchev–Trinajstić information content (AvgIpc) is 3.21. The molecule has 0 saturated heterocycles. The van der Waals surface area contributed by atoms with Crippen LogP contribution in [0.3, 0.4) is 0 Å². The van der Waals surface area contributed by atoms with Gasteiger partial charge in [-0.1, -0.05) is 23.7 Å². The highest BCUT2D eigenvalue weighted by Crippen LogP contribution is 2.48. The SMILES string of the molecule is O=C(NNC(=O)C1(c2cccc(Cl)c2)CC1)c1ccc(Br)s1. The highest BCUT2D eigenvalue weighted by molar-refractivity contribution is 9.11. The number of halogens is 2. The fraction of sp³-hybridized carbons (Fsp3) is 0.200. The smallest absolute Gasteiger partial charge is 0.272 e. The van der Waals surface area contributed by atoms with Crippen LogP contribution in [0.1, 0.15) is 28.1 Å². The van der Waals surface area contributed by atoms with Gasteiger partial charge >= 0.3 is 0 Å². The number of hydrogen-bond acceptors (Lipinski definition) is 3. The Labute approximate surface area is 145 Å². The number of thiophene rings is 1. The van der Waals surface area contributed by atoms with Gasteiger partial charge in [0.25, 0.3) is 5.91 Å². The molecule has 0 spiro atoms. The van der Waals surface area contributed by atoms with Gasteiger partial charge in [-0.15, -0.1) is 11.3 Å². The molecule has 7 heteroatoms. The summed E-state index contributed by atoms with van der Waals surface area (Å²) in [6.45, 7) is 0. The van der Waals surface area contributed by atoms with Gasteiger partial charge in [0.15, 0.2) is 0 Å². The van der Waals surface area contributed by atoms with E-state index < -0.39 is 5.41 Å². The summed E-state index contributed by atoms with van der Waals surface area (Å²) in [6, 6.07) is 10.8. The number of hydrazine groups is 1. The van der Waals surface area contributed by atoms with Crippen LogP contribution in [0.2, 0.25) is 5.02 Å². The van der Waals surface area contributed by atoms with E-state index in [1.54, 1.807) is 24.3 Å². The third kappa shape index (κ3) is 3.04. The normalized spacial score (nSPS) is 15.2. The molecule has 2 aromatic rings. The molecule has 4 nitrogen and oxygen atoms in total. The molecular weight excluding hydrogens is 388 g/mol. The third-order valence-corrected chi connectivity index (χ3v) is 5.51. The lowest BCUT2D eigenvalue weighted by atomic mass is 9.95. The lowest BCUT2D eigenvalue weighted by Gasteiger charge is -2.16. The minimum absolute atomic E-state index is 0.210. The van der Waals surface area contributed by atoms with E-state index in [0.717, 1.165) is 22.2 Å². The first-order chi connectivity index (χ1) is 10.5. The van der Waals surface area contributed by atoms with Gasteiger partial charge in [-0.3, -0.25) is 20.4 Å². The predicted octanol–water partition coefficient (Wildman–Crippen LogP) is 3.66. The van der Waals surface area contributed by atoms with Crippen LogP contribution in [0, 0.1) is 0 Å². The zero-order valence-corrected chi connectivity index (χ0v) is 14.5. The van der Waals surface area contributed by atoms with Gasteiger partial charge in [-0.25, -0.2) is 0 Å². The molecule has 0 bridgehead atoms. The Morgan fingerprint density at radius 1 is 1.18 bits per heavy atom. The van der Waals surface area contributed by atoms with Gasteiger partial charge in [0.2, 0.25) is 5.91 Å². The molecule has 2 N–H and O–H groups in total. The van der Waals surface area contributed by atoms with E-state index >= 15 is 0 Å². The van der Waals surface area contributed by atoms with Gasteiger partial charge in [0, 0.05) is 5.02 Å². The van der Waals surface area contributed by atoms with Crippen LogP contribution >= 0.6 is 38.9 Å². The first-order valence-corrected chi connectivity index (χ1v) is 8.62. The standard InChI is InChI=1S/C15H12BrClN2O2S/c16-12-5-4-11(22-12)13(20)18-19-14(21)15(6-7-15)9-2-1-3-10(17)8-9/h1-5,8H,6-7H2,(H,18,20)(H,19,21). The third-order valence-electron chi connectivity index (χ3n) is 3.65. The van der Waals surface area contributed by atoms with Crippen LogP contribution in [0.25, 0.3) is 0 Å². The first-order valence-electron chi connectivity index (χ1n) is 6.63. The van der Waals surface area contributed by atoms with E-state index in [2.05, 4.69) is 26.8 Å². The van der Waals surface area contributed by atoms with Gasteiger partial charge in [0.1, 0.15) is 0 Å². The largest absolute Gasteiger partial charge is 0.279 e. The zero-order chi connectivity index (χ0) is 15.7. The minimum atomic E-state index is -0.575. The maximum atomic E-state index is 12.4. The number of hydrogen-bond donors (Lipinski definition) is 2. The van der Waals surface area contributed by atoms with E-state index in [0.29, 0.717) is 9.90 Å². The van der Waals surface area contributed by atoms with Crippen LogP contribution in [0.15, 0.2) is 40.2 Å². The topological polar surface area (TPSA) is 58.2 Å². The zero-order valence-electron chi connectivity index (χ0n) is 11.4. The van der Waals surface area contributed by atoms with Crippen molar-refractivity contribution >= 4 is 50.7 Å². The van der Waals surface area contributed by atoms with E-state index in [-0.39, 0.29) is 11.8 Å². The molecule has 1 aromatic carbocycles. The Balaban J connectivity index is 1.66. The molecule has 114 valence electrons. The van der Waals surface area contributed by atoms with Crippen molar-refractivity contribution in [3.05, 3.63) is 55.6 Å². The molecule has 1 fully saturated rings. The Kier molecular flexibility index (Phi) is 4.25. The van der Waals surface area contributed by atoms with E-state index in [1.165, 1.54) is 11.3 Å². The average molecular weight is 400 g/mol. The lowest BCUT2D eigenvalue weighted by Crippen LogP contribution is -2.46. The van der Waals surface area contributed by atoms with Crippen LogP contribution in [-0.2, 0) is 10.2 Å². The second-order valence-corrected chi connectivity index (χ2v) is 8.00. The molecule has 0 atom stereocenters. The van der Waals surface area contributed by atoms with Crippen molar-refractivity contribution in [3.63, 3.8) is 0 Å². The van der Waals surface area contributed by atoms with Crippen molar-refractivity contribution in [1.82, 2.24) is 10.9 Å². The molecule has 0 radical (unpaired) electrons. The highest BCUT2D eigenvalue weighted by atomic mass is 79.9. The van der Waals surface area contributed by atoms with Crippen molar-refractivity contribution in [2.45, 2.75) is 18.3 Å². The molecule has 1 heterocycles. The Morgan fingerprint density at radius 2 is 1.95 bits per heavy atom. The summed E-state index contributed by atoms with van der Waals surface area (Å²) in [5, 5.41) is 0.601. The molecule has 1 aliphatic carbocycles. The van der Waals surface area contributed by atoms with Crippen LogP contribution in [0.4, 0.5) is 0 Å². The number of carbonyl (C=O) groups excluding carboxylic acids is 2. The summed E-state index contributed by atoms with van der Waals surface area (Å²) in [6.07, 6.45) is 1.50. The molecule has 22 heavy (non-hydrogen) atoms. The number of nitrogens with one attached hydrogen (secondary N) is 2. The van der Waals surface area contributed by atoms with Crippen LogP contribution in [0.5, 0.6) is 0 Å². The molecule has 0 unspecified atom stereocenters. The molecule has 3 rings (SSSR count). The summed E-state index contributed by atoms with van der Waals surface area (Å²) in [7, 11) is 0. The van der Waals surface area contributed by atoms with Gasteiger partial charge in [-0.05, 0) is 58.6 Å². The molecule has 2 amide bonds. The van der Waals surface area contributed by atoms with E-state index in [4.69, 9.17) is 11.6 Å². The maximum absolute atomic E-state index is 12.4. The van der Waals surface area contributed by atoms with E-state index in [9.17, 15) is 9.59 Å². The van der Waals surface area contributed by atoms with Crippen molar-refractivity contribution in [3.8, 4) is 0 Å². The number of carbonyl (C=O) groups is 2. The second kappa shape index (κ2) is 6.02. The molecule has 1 aliphatic rings.